The van der Waals surface area contributed by atoms with Gasteiger partial charge in [-0.15, -0.1) is 0 Å². The highest BCUT2D eigenvalue weighted by atomic mass is 79.9. The smallest absolute Gasteiger partial charge is 0.179 e. The lowest BCUT2D eigenvalue weighted by atomic mass is 9.82. The summed E-state index contributed by atoms with van der Waals surface area (Å²) in [7, 11) is -3.29. The van der Waals surface area contributed by atoms with Crippen LogP contribution >= 0.6 is 27.5 Å². The van der Waals surface area contributed by atoms with E-state index in [0.29, 0.717) is 18.4 Å². The van der Waals surface area contributed by atoms with E-state index in [-0.39, 0.29) is 37.6 Å². The Morgan fingerprint density at radius 3 is 2.68 bits per heavy atom. The molecule has 1 aromatic rings. The van der Waals surface area contributed by atoms with Crippen molar-refractivity contribution in [2.24, 2.45) is 5.92 Å². The first-order valence-electron chi connectivity index (χ1n) is 7.08. The van der Waals surface area contributed by atoms with E-state index < -0.39 is 15.8 Å². The van der Waals surface area contributed by atoms with Crippen molar-refractivity contribution in [1.82, 2.24) is 0 Å². The van der Waals surface area contributed by atoms with Gasteiger partial charge < -0.3 is 0 Å². The highest BCUT2D eigenvalue weighted by molar-refractivity contribution is 9.09. The van der Waals surface area contributed by atoms with E-state index in [1.807, 2.05) is 0 Å². The topological polar surface area (TPSA) is 68.3 Å². The Morgan fingerprint density at radius 2 is 2.00 bits per heavy atom. The monoisotopic (exact) mass is 404 g/mol. The van der Waals surface area contributed by atoms with E-state index in [2.05, 4.69) is 15.9 Å². The molecule has 1 heterocycles. The van der Waals surface area contributed by atoms with E-state index in [9.17, 15) is 18.0 Å². The minimum atomic E-state index is -3.29. The first-order valence-corrected chi connectivity index (χ1v) is 10.0. The molecule has 0 radical (unpaired) electrons. The Balaban J connectivity index is 2.03. The molecule has 1 aliphatic heterocycles. The van der Waals surface area contributed by atoms with Crippen molar-refractivity contribution in [2.75, 3.05) is 5.75 Å². The Morgan fingerprint density at radius 1 is 1.27 bits per heavy atom. The van der Waals surface area contributed by atoms with E-state index in [4.69, 9.17) is 11.6 Å². The molecule has 4 nitrogen and oxygen atoms in total. The van der Waals surface area contributed by atoms with Crippen LogP contribution in [-0.4, -0.2) is 30.6 Å². The number of hydrogen-bond donors (Lipinski definition) is 0. The van der Waals surface area contributed by atoms with Gasteiger partial charge in [-0.25, -0.2) is 8.42 Å². The number of ketones is 2. The van der Waals surface area contributed by atoms with Crippen LogP contribution in [-0.2, 0) is 21.1 Å². The standard InChI is InChI=1S/C15H14BrClO4S/c16-10-2-1-3-11(18)13(10)15(19)9-4-5-12-8(14(9)17)6-7-22(12,20)21/h4-5,10,13H,1-3,6-7H2. The summed E-state index contributed by atoms with van der Waals surface area (Å²) in [4.78, 5) is 24.8. The molecule has 7 heteroatoms. The van der Waals surface area contributed by atoms with Gasteiger partial charge in [-0.05, 0) is 37.0 Å². The van der Waals surface area contributed by atoms with Crippen molar-refractivity contribution >= 4 is 48.9 Å². The average molecular weight is 406 g/mol. The maximum atomic E-state index is 12.7. The Kier molecular flexibility index (Phi) is 4.20. The maximum Gasteiger partial charge on any atom is 0.179 e. The SMILES string of the molecule is O=C1CCCC(Br)C1C(=O)c1ccc2c(c1Cl)CCS2(=O)=O. The van der Waals surface area contributed by atoms with Crippen LogP contribution in [0.25, 0.3) is 0 Å². The number of rotatable bonds is 2. The van der Waals surface area contributed by atoms with Crippen LogP contribution in [0.15, 0.2) is 17.0 Å². The summed E-state index contributed by atoms with van der Waals surface area (Å²) >= 11 is 9.70. The number of carbonyl (C=O) groups excluding carboxylic acids is 2. The van der Waals surface area contributed by atoms with Crippen molar-refractivity contribution in [1.29, 1.82) is 0 Å². The highest BCUT2D eigenvalue weighted by Gasteiger charge is 2.38. The molecule has 0 amide bonds. The van der Waals surface area contributed by atoms with Crippen molar-refractivity contribution in [2.45, 2.75) is 35.4 Å². The summed E-state index contributed by atoms with van der Waals surface area (Å²) < 4.78 is 23.8. The van der Waals surface area contributed by atoms with Crippen molar-refractivity contribution in [3.8, 4) is 0 Å². The molecule has 2 aliphatic rings. The highest BCUT2D eigenvalue weighted by Crippen LogP contribution is 2.37. The molecular formula is C15H14BrClO4S. The molecule has 0 N–H and O–H groups in total. The van der Waals surface area contributed by atoms with E-state index in [0.717, 1.165) is 12.8 Å². The van der Waals surface area contributed by atoms with E-state index in [1.165, 1.54) is 12.1 Å². The van der Waals surface area contributed by atoms with Gasteiger partial charge in [0.05, 0.1) is 21.6 Å². The van der Waals surface area contributed by atoms with E-state index >= 15 is 0 Å². The predicted molar refractivity (Wildman–Crippen MR) is 86.6 cm³/mol. The molecule has 2 unspecified atom stereocenters. The first kappa shape index (κ1) is 16.1. The molecule has 118 valence electrons. The van der Waals surface area contributed by atoms with E-state index in [1.54, 1.807) is 0 Å². The molecule has 3 rings (SSSR count). The number of carbonyl (C=O) groups is 2. The molecule has 1 fully saturated rings. The van der Waals surface area contributed by atoms with Gasteiger partial charge in [0.2, 0.25) is 0 Å². The fourth-order valence-electron chi connectivity index (χ4n) is 3.14. The average Bonchev–Trinajstić information content (AvgIpc) is 2.75. The molecule has 0 saturated heterocycles. The molecule has 0 aromatic heterocycles. The fourth-order valence-corrected chi connectivity index (χ4v) is 5.95. The van der Waals surface area contributed by atoms with Gasteiger partial charge in [0.15, 0.2) is 15.6 Å². The number of Topliss-reactive ketones (excluding diaryl/α,β-unsaturated/α-hetero) is 2. The van der Waals surface area contributed by atoms with Crippen molar-refractivity contribution < 1.29 is 18.0 Å². The zero-order valence-corrected chi connectivity index (χ0v) is 14.8. The predicted octanol–water partition coefficient (Wildman–Crippen LogP) is 2.99. The number of halogens is 2. The minimum Gasteiger partial charge on any atom is -0.299 e. The third-order valence-electron chi connectivity index (χ3n) is 4.32. The Bertz CT molecular complexity index is 772. The quantitative estimate of drug-likeness (QED) is 0.431. The molecule has 22 heavy (non-hydrogen) atoms. The second kappa shape index (κ2) is 5.73. The van der Waals surface area contributed by atoms with Crippen molar-refractivity contribution in [3.05, 3.63) is 28.3 Å². The van der Waals surface area contributed by atoms with Crippen LogP contribution in [0.4, 0.5) is 0 Å². The number of benzene rings is 1. The second-order valence-corrected chi connectivity index (χ2v) is 9.32. The summed E-state index contributed by atoms with van der Waals surface area (Å²) in [6, 6.07) is 2.88. The molecule has 1 saturated carbocycles. The van der Waals surface area contributed by atoms with Gasteiger partial charge in [0.1, 0.15) is 5.78 Å². The van der Waals surface area contributed by atoms with Crippen LogP contribution < -0.4 is 0 Å². The first-order chi connectivity index (χ1) is 10.3. The zero-order valence-electron chi connectivity index (χ0n) is 11.6. The van der Waals surface area contributed by atoms with Gasteiger partial charge in [-0.3, -0.25) is 9.59 Å². The van der Waals surface area contributed by atoms with Gasteiger partial charge in [-0.2, -0.15) is 0 Å². The number of hydrogen-bond acceptors (Lipinski definition) is 4. The third kappa shape index (κ3) is 2.55. The van der Waals surface area contributed by atoms with Crippen LogP contribution in [0.3, 0.4) is 0 Å². The molecule has 1 aromatic carbocycles. The minimum absolute atomic E-state index is 0.0170. The number of sulfone groups is 1. The van der Waals surface area contributed by atoms with Crippen molar-refractivity contribution in [3.63, 3.8) is 0 Å². The Hall–Kier alpha value is -0.720. The number of alkyl halides is 1. The van der Waals surface area contributed by atoms with Gasteiger partial charge in [0.25, 0.3) is 0 Å². The van der Waals surface area contributed by atoms with Crippen LogP contribution in [0, 0.1) is 5.92 Å². The molecule has 0 spiro atoms. The lowest BCUT2D eigenvalue weighted by Gasteiger charge is -2.25. The normalized spacial score (nSPS) is 26.7. The lowest BCUT2D eigenvalue weighted by Crippen LogP contribution is -2.35. The van der Waals surface area contributed by atoms with Crippen LogP contribution in [0.2, 0.25) is 5.02 Å². The molecule has 0 bridgehead atoms. The van der Waals surface area contributed by atoms with Gasteiger partial charge in [0, 0.05) is 16.8 Å². The Labute approximate surface area is 142 Å². The molecule has 2 atom stereocenters. The summed E-state index contributed by atoms with van der Waals surface area (Å²) in [6.45, 7) is 0. The fraction of sp³-hybridized carbons (Fsp3) is 0.467. The maximum absolute atomic E-state index is 12.7. The number of fused-ring (bicyclic) bond motifs is 1. The van der Waals surface area contributed by atoms with Gasteiger partial charge in [-0.1, -0.05) is 27.5 Å². The largest absolute Gasteiger partial charge is 0.299 e. The second-order valence-electron chi connectivity index (χ2n) is 5.69. The zero-order chi connectivity index (χ0) is 16.1. The van der Waals surface area contributed by atoms with Crippen LogP contribution in [0.1, 0.15) is 35.2 Å². The summed E-state index contributed by atoms with van der Waals surface area (Å²) in [5.74, 6) is -1.11. The summed E-state index contributed by atoms with van der Waals surface area (Å²) in [5, 5.41) is 0.182. The lowest BCUT2D eigenvalue weighted by molar-refractivity contribution is -0.122. The third-order valence-corrected chi connectivity index (χ3v) is 7.53. The van der Waals surface area contributed by atoms with Gasteiger partial charge >= 0.3 is 0 Å². The van der Waals surface area contributed by atoms with Crippen LogP contribution in [0.5, 0.6) is 0 Å². The molecule has 1 aliphatic carbocycles. The summed E-state index contributed by atoms with van der Waals surface area (Å²) in [5.41, 5.74) is 0.754. The molecular weight excluding hydrogens is 392 g/mol. The summed E-state index contributed by atoms with van der Waals surface area (Å²) in [6.07, 6.45) is 2.25.